The molecule has 0 bridgehead atoms. The number of anilines is 1. The summed E-state index contributed by atoms with van der Waals surface area (Å²) in [7, 11) is 5.92. The molecule has 13 heteroatoms. The average Bonchev–Trinajstić information content (AvgIpc) is 3.32. The lowest BCUT2D eigenvalue weighted by atomic mass is 10.1. The number of ether oxygens (including phenoxy) is 1. The Morgan fingerprint density at radius 3 is 2.44 bits per heavy atom. The molecular weight excluding hydrogens is 519 g/mol. The van der Waals surface area contributed by atoms with E-state index in [0.29, 0.717) is 65.1 Å². The second-order valence-electron chi connectivity index (χ2n) is 10.6. The summed E-state index contributed by atoms with van der Waals surface area (Å²) in [5.74, 6) is -0.261. The number of aliphatic hydroxyl groups excluding tert-OH is 1. The van der Waals surface area contributed by atoms with E-state index >= 15 is 0 Å². The van der Waals surface area contributed by atoms with E-state index in [2.05, 4.69) is 5.32 Å². The number of rotatable bonds is 11. The highest BCUT2D eigenvalue weighted by atomic mass is 19.4. The van der Waals surface area contributed by atoms with E-state index in [0.717, 1.165) is 10.3 Å². The minimum atomic E-state index is -4.93. The van der Waals surface area contributed by atoms with Gasteiger partial charge in [-0.3, -0.25) is 23.2 Å². The van der Waals surface area contributed by atoms with Gasteiger partial charge < -0.3 is 20.9 Å². The summed E-state index contributed by atoms with van der Waals surface area (Å²) in [6, 6.07) is 5.16. The Morgan fingerprint density at radius 2 is 1.85 bits per heavy atom. The van der Waals surface area contributed by atoms with E-state index in [1.807, 2.05) is 27.2 Å². The molecule has 1 saturated heterocycles. The van der Waals surface area contributed by atoms with E-state index in [1.54, 1.807) is 12.1 Å². The molecule has 0 radical (unpaired) electrons. The molecule has 10 nitrogen and oxygen atoms in total. The van der Waals surface area contributed by atoms with Gasteiger partial charge in [0, 0.05) is 30.9 Å². The Hall–Kier alpha value is -3.16. The number of carbonyl (C=O) groups is 1. The molecule has 0 aliphatic carbocycles. The number of nitrogens with one attached hydrogen (secondary N) is 1. The van der Waals surface area contributed by atoms with E-state index in [4.69, 9.17) is 10.5 Å². The van der Waals surface area contributed by atoms with E-state index < -0.39 is 35.3 Å². The molecule has 4 N–H and O–H groups in total. The second-order valence-corrected chi connectivity index (χ2v) is 10.6. The van der Waals surface area contributed by atoms with Crippen LogP contribution in [0.1, 0.15) is 60.7 Å². The summed E-state index contributed by atoms with van der Waals surface area (Å²) in [6.45, 7) is -0.104. The van der Waals surface area contributed by atoms with Crippen LogP contribution in [-0.4, -0.2) is 60.5 Å². The van der Waals surface area contributed by atoms with Gasteiger partial charge in [0.25, 0.3) is 11.5 Å². The molecule has 39 heavy (non-hydrogen) atoms. The van der Waals surface area contributed by atoms with Gasteiger partial charge in [0.15, 0.2) is 5.69 Å². The molecule has 2 heterocycles. The van der Waals surface area contributed by atoms with Gasteiger partial charge >= 0.3 is 11.9 Å². The molecule has 0 saturated carbocycles. The first-order valence-corrected chi connectivity index (χ1v) is 12.9. The summed E-state index contributed by atoms with van der Waals surface area (Å²) in [6.07, 6.45) is -3.25. The molecule has 1 aliphatic heterocycles. The lowest BCUT2D eigenvalue weighted by Gasteiger charge is -2.25. The number of halogens is 3. The van der Waals surface area contributed by atoms with Gasteiger partial charge in [-0.1, -0.05) is 12.8 Å². The van der Waals surface area contributed by atoms with E-state index in [9.17, 15) is 32.7 Å². The molecule has 3 rings (SSSR count). The topological polar surface area (TPSA) is 129 Å². The third-order valence-electron chi connectivity index (χ3n) is 6.71. The van der Waals surface area contributed by atoms with Gasteiger partial charge in [-0.15, -0.1) is 0 Å². The lowest BCUT2D eigenvalue weighted by molar-refractivity contribution is -0.140. The van der Waals surface area contributed by atoms with Crippen LogP contribution in [0.3, 0.4) is 0 Å². The number of aromatic nitrogens is 2. The fraction of sp³-hybridized carbons (Fsp3) is 0.577. The lowest BCUT2D eigenvalue weighted by Crippen LogP contribution is -2.44. The molecule has 2 atom stereocenters. The maximum atomic E-state index is 13.5. The molecule has 1 aromatic carbocycles. The van der Waals surface area contributed by atoms with Crippen LogP contribution in [0.4, 0.5) is 24.5 Å². The third kappa shape index (κ3) is 7.49. The van der Waals surface area contributed by atoms with Crippen molar-refractivity contribution >= 4 is 17.3 Å². The van der Waals surface area contributed by atoms with Crippen molar-refractivity contribution in [2.45, 2.75) is 63.6 Å². The summed E-state index contributed by atoms with van der Waals surface area (Å²) >= 11 is 0. The van der Waals surface area contributed by atoms with Crippen LogP contribution in [0.2, 0.25) is 0 Å². The molecule has 1 aromatic heterocycles. The van der Waals surface area contributed by atoms with Crippen LogP contribution < -0.4 is 26.8 Å². The SMILES string of the molecule is C[N+](C)(C)c1ccc(C(=O)NCCCCCCn2c(=O)c(C(F)(F)F)cn([C@H]3CC[C@@H](CO)O3)c2=O)cc1N. The Labute approximate surface area is 224 Å². The number of carbonyl (C=O) groups excluding carboxylic acids is 1. The molecule has 1 fully saturated rings. The highest BCUT2D eigenvalue weighted by molar-refractivity contribution is 5.96. The zero-order chi connectivity index (χ0) is 29.0. The zero-order valence-electron chi connectivity index (χ0n) is 22.5. The number of nitrogens with two attached hydrogens (primary N) is 1. The van der Waals surface area contributed by atoms with Crippen molar-refractivity contribution in [2.75, 3.05) is 40.0 Å². The van der Waals surface area contributed by atoms with Gasteiger partial charge in [0.05, 0.1) is 39.5 Å². The first-order valence-electron chi connectivity index (χ1n) is 12.9. The zero-order valence-corrected chi connectivity index (χ0v) is 22.5. The molecule has 1 amide bonds. The third-order valence-corrected chi connectivity index (χ3v) is 6.71. The smallest absolute Gasteiger partial charge is 0.394 e. The normalized spacial score (nSPS) is 17.9. The first-order chi connectivity index (χ1) is 18.2. The quantitative estimate of drug-likeness (QED) is 0.222. The maximum absolute atomic E-state index is 13.5. The number of aliphatic hydroxyl groups is 1. The minimum Gasteiger partial charge on any atom is -0.394 e. The highest BCUT2D eigenvalue weighted by Gasteiger charge is 2.37. The van der Waals surface area contributed by atoms with E-state index in [1.165, 1.54) is 0 Å². The van der Waals surface area contributed by atoms with Crippen molar-refractivity contribution in [3.63, 3.8) is 0 Å². The average molecular weight is 557 g/mol. The van der Waals surface area contributed by atoms with Crippen molar-refractivity contribution in [1.29, 1.82) is 0 Å². The van der Waals surface area contributed by atoms with Gasteiger partial charge in [-0.05, 0) is 37.8 Å². The van der Waals surface area contributed by atoms with Crippen LogP contribution >= 0.6 is 0 Å². The number of quaternary nitrogens is 1. The number of unbranched alkanes of at least 4 members (excludes halogenated alkanes) is 3. The van der Waals surface area contributed by atoms with E-state index in [-0.39, 0.29) is 25.5 Å². The summed E-state index contributed by atoms with van der Waals surface area (Å²) in [5.41, 5.74) is 4.25. The Balaban J connectivity index is 1.54. The predicted octanol–water partition coefficient (Wildman–Crippen LogP) is 2.47. The Morgan fingerprint density at radius 1 is 1.15 bits per heavy atom. The van der Waals surface area contributed by atoms with Crippen molar-refractivity contribution in [3.05, 3.63) is 56.4 Å². The van der Waals surface area contributed by atoms with Gasteiger partial charge in [0.1, 0.15) is 11.8 Å². The minimum absolute atomic E-state index is 0.179. The van der Waals surface area contributed by atoms with Gasteiger partial charge in [0.2, 0.25) is 0 Å². The number of hydrogen-bond acceptors (Lipinski definition) is 6. The number of alkyl halides is 3. The number of nitrogens with zero attached hydrogens (tertiary/aromatic N) is 3. The van der Waals surface area contributed by atoms with Crippen LogP contribution in [0.15, 0.2) is 34.0 Å². The fourth-order valence-corrected chi connectivity index (χ4v) is 4.60. The van der Waals surface area contributed by atoms with Crippen LogP contribution in [-0.2, 0) is 17.5 Å². The van der Waals surface area contributed by atoms with Crippen molar-refractivity contribution in [1.82, 2.24) is 18.9 Å². The molecule has 2 aromatic rings. The summed E-state index contributed by atoms with van der Waals surface area (Å²) in [5, 5.41) is 12.1. The molecular formula is C26H37F3N5O5+. The van der Waals surface area contributed by atoms with Crippen LogP contribution in [0.5, 0.6) is 0 Å². The number of hydrogen-bond donors (Lipinski definition) is 3. The molecule has 0 spiro atoms. The predicted molar refractivity (Wildman–Crippen MR) is 141 cm³/mol. The number of nitrogen functional groups attached to an aromatic ring is 1. The molecule has 216 valence electrons. The second kappa shape index (κ2) is 12.3. The van der Waals surface area contributed by atoms with Crippen molar-refractivity contribution in [2.24, 2.45) is 0 Å². The van der Waals surface area contributed by atoms with Crippen LogP contribution in [0.25, 0.3) is 0 Å². The number of benzene rings is 1. The largest absolute Gasteiger partial charge is 0.423 e. The molecule has 0 unspecified atom stereocenters. The fourth-order valence-electron chi connectivity index (χ4n) is 4.60. The van der Waals surface area contributed by atoms with Gasteiger partial charge in [-0.25, -0.2) is 4.79 Å². The standard InChI is InChI=1S/C26H36F3N5O5/c1-34(2,3)21-10-8-17(14-20(21)30)23(36)31-12-6-4-5-7-13-32-24(37)19(26(27,28)29)15-33(25(32)38)22-11-9-18(16-35)39-22/h8,10,14-15,18,22,35H,4-7,9,11-13,16,30H2,1-3H3/p+1/t18-,22+/m0/s1. The number of amides is 1. The highest BCUT2D eigenvalue weighted by Crippen LogP contribution is 2.30. The Kier molecular flexibility index (Phi) is 9.62. The summed E-state index contributed by atoms with van der Waals surface area (Å²) in [4.78, 5) is 37.8. The maximum Gasteiger partial charge on any atom is 0.423 e. The first kappa shape index (κ1) is 30.4. The monoisotopic (exact) mass is 556 g/mol. The Bertz CT molecular complexity index is 1280. The van der Waals surface area contributed by atoms with Crippen molar-refractivity contribution < 1.29 is 27.8 Å². The summed E-state index contributed by atoms with van der Waals surface area (Å²) < 4.78 is 48.0. The van der Waals surface area contributed by atoms with Crippen molar-refractivity contribution in [3.8, 4) is 0 Å². The van der Waals surface area contributed by atoms with Gasteiger partial charge in [-0.2, -0.15) is 13.2 Å². The molecule has 1 aliphatic rings. The van der Waals surface area contributed by atoms with Crippen LogP contribution in [0, 0.1) is 0 Å².